The topological polar surface area (TPSA) is 72.6 Å². The predicted molar refractivity (Wildman–Crippen MR) is 79.2 cm³/mol. The van der Waals surface area contributed by atoms with Crippen LogP contribution in [0.2, 0.25) is 0 Å². The molecule has 0 atom stereocenters. The number of ether oxygens (including phenoxy) is 1. The zero-order chi connectivity index (χ0) is 14.8. The average molecular weight is 298 g/mol. The zero-order valence-electron chi connectivity index (χ0n) is 12.0. The Kier molecular flexibility index (Phi) is 4.55. The lowest BCUT2D eigenvalue weighted by atomic mass is 10.1. The number of nitrogens with two attached hydrogens (primary N) is 1. The van der Waals surface area contributed by atoms with E-state index in [9.17, 15) is 8.42 Å². The van der Waals surface area contributed by atoms with E-state index in [1.807, 2.05) is 0 Å². The second-order valence-electron chi connectivity index (χ2n) is 5.35. The van der Waals surface area contributed by atoms with E-state index in [1.54, 1.807) is 13.1 Å². The number of hydrogen-bond donors (Lipinski definition) is 1. The number of methoxy groups -OCH3 is 1. The summed E-state index contributed by atoms with van der Waals surface area (Å²) < 4.78 is 31.8. The third-order valence-corrected chi connectivity index (χ3v) is 5.73. The maximum absolute atomic E-state index is 12.6. The third-order valence-electron chi connectivity index (χ3n) is 3.87. The second-order valence-corrected chi connectivity index (χ2v) is 7.36. The van der Waals surface area contributed by atoms with Crippen LogP contribution < -0.4 is 10.5 Å². The van der Waals surface area contributed by atoms with Crippen molar-refractivity contribution in [2.75, 3.05) is 26.4 Å². The van der Waals surface area contributed by atoms with Crippen LogP contribution in [0, 0.1) is 5.92 Å². The van der Waals surface area contributed by atoms with Crippen molar-refractivity contribution in [3.8, 4) is 5.75 Å². The summed E-state index contributed by atoms with van der Waals surface area (Å²) in [5.41, 5.74) is 6.15. The Bertz CT molecular complexity index is 566. The second kappa shape index (κ2) is 6.01. The van der Waals surface area contributed by atoms with Gasteiger partial charge in [0.15, 0.2) is 0 Å². The van der Waals surface area contributed by atoms with Gasteiger partial charge in [-0.15, -0.1) is 0 Å². The summed E-state index contributed by atoms with van der Waals surface area (Å²) in [6.07, 6.45) is 4.62. The molecule has 5 nitrogen and oxygen atoms in total. The Morgan fingerprint density at radius 1 is 1.35 bits per heavy atom. The first-order valence-electron chi connectivity index (χ1n) is 6.85. The lowest BCUT2D eigenvalue weighted by molar-refractivity contribution is 0.377. The van der Waals surface area contributed by atoms with E-state index < -0.39 is 10.0 Å². The molecule has 0 unspecified atom stereocenters. The highest BCUT2D eigenvalue weighted by atomic mass is 32.2. The van der Waals surface area contributed by atoms with Gasteiger partial charge in [-0.05, 0) is 30.9 Å². The highest BCUT2D eigenvalue weighted by Gasteiger charge is 2.28. The lowest BCUT2D eigenvalue weighted by Crippen LogP contribution is -2.31. The van der Waals surface area contributed by atoms with Crippen LogP contribution in [0.4, 0.5) is 5.69 Å². The van der Waals surface area contributed by atoms with Gasteiger partial charge in [-0.3, -0.25) is 0 Å². The van der Waals surface area contributed by atoms with Crippen LogP contribution >= 0.6 is 0 Å². The van der Waals surface area contributed by atoms with Gasteiger partial charge in [0.05, 0.1) is 7.11 Å². The molecule has 1 aromatic rings. The molecule has 0 radical (unpaired) electrons. The molecule has 0 heterocycles. The standard InChI is InChI=1S/C14H22N2O3S/c1-16(10-11-5-3-4-6-11)20(17,18)14-8-7-12(15)9-13(14)19-2/h7-9,11H,3-6,10,15H2,1-2H3. The SMILES string of the molecule is COc1cc(N)ccc1S(=O)(=O)N(C)CC1CCCC1. The van der Waals surface area contributed by atoms with Crippen molar-refractivity contribution in [3.63, 3.8) is 0 Å². The van der Waals surface area contributed by atoms with Gasteiger partial charge in [-0.1, -0.05) is 12.8 Å². The van der Waals surface area contributed by atoms with Crippen molar-refractivity contribution < 1.29 is 13.2 Å². The molecule has 0 aliphatic heterocycles. The molecule has 0 saturated heterocycles. The monoisotopic (exact) mass is 298 g/mol. The Labute approximate surface area is 120 Å². The predicted octanol–water partition coefficient (Wildman–Crippen LogP) is 2.09. The first-order valence-corrected chi connectivity index (χ1v) is 8.29. The van der Waals surface area contributed by atoms with Crippen LogP contribution in [0.25, 0.3) is 0 Å². The van der Waals surface area contributed by atoms with Gasteiger partial charge in [0.2, 0.25) is 10.0 Å². The molecule has 1 saturated carbocycles. The van der Waals surface area contributed by atoms with Crippen molar-refractivity contribution in [2.45, 2.75) is 30.6 Å². The van der Waals surface area contributed by atoms with Gasteiger partial charge in [-0.2, -0.15) is 0 Å². The number of anilines is 1. The first kappa shape index (κ1) is 15.1. The van der Waals surface area contributed by atoms with Gasteiger partial charge in [0, 0.05) is 25.3 Å². The Morgan fingerprint density at radius 2 is 2.00 bits per heavy atom. The maximum Gasteiger partial charge on any atom is 0.246 e. The first-order chi connectivity index (χ1) is 9.45. The number of rotatable bonds is 5. The normalized spacial score (nSPS) is 16.8. The number of benzene rings is 1. The molecular formula is C14H22N2O3S. The summed E-state index contributed by atoms with van der Waals surface area (Å²) in [7, 11) is -0.456. The number of hydrogen-bond acceptors (Lipinski definition) is 4. The highest BCUT2D eigenvalue weighted by Crippen LogP contribution is 2.31. The molecule has 0 spiro atoms. The van der Waals surface area contributed by atoms with Gasteiger partial charge >= 0.3 is 0 Å². The van der Waals surface area contributed by atoms with Crippen LogP contribution in [0.3, 0.4) is 0 Å². The van der Waals surface area contributed by atoms with E-state index in [2.05, 4.69) is 0 Å². The van der Waals surface area contributed by atoms with Crippen molar-refractivity contribution in [3.05, 3.63) is 18.2 Å². The fraction of sp³-hybridized carbons (Fsp3) is 0.571. The minimum Gasteiger partial charge on any atom is -0.495 e. The molecule has 20 heavy (non-hydrogen) atoms. The summed E-state index contributed by atoms with van der Waals surface area (Å²) in [4.78, 5) is 0.176. The summed E-state index contributed by atoms with van der Waals surface area (Å²) in [5, 5.41) is 0. The van der Waals surface area contributed by atoms with Crippen molar-refractivity contribution in [1.82, 2.24) is 4.31 Å². The Balaban J connectivity index is 2.24. The van der Waals surface area contributed by atoms with Gasteiger partial charge in [0.1, 0.15) is 10.6 Å². The number of nitrogens with zero attached hydrogens (tertiary/aromatic N) is 1. The van der Waals surface area contributed by atoms with Crippen molar-refractivity contribution in [1.29, 1.82) is 0 Å². The van der Waals surface area contributed by atoms with Crippen LogP contribution in [0.15, 0.2) is 23.1 Å². The van der Waals surface area contributed by atoms with Crippen LogP contribution in [-0.4, -0.2) is 33.4 Å². The maximum atomic E-state index is 12.6. The minimum absolute atomic E-state index is 0.176. The highest BCUT2D eigenvalue weighted by molar-refractivity contribution is 7.89. The number of sulfonamides is 1. The molecule has 6 heteroatoms. The Morgan fingerprint density at radius 3 is 2.60 bits per heavy atom. The molecular weight excluding hydrogens is 276 g/mol. The van der Waals surface area contributed by atoms with E-state index in [0.717, 1.165) is 12.8 Å². The zero-order valence-corrected chi connectivity index (χ0v) is 12.8. The number of nitrogen functional groups attached to an aromatic ring is 1. The largest absolute Gasteiger partial charge is 0.495 e. The lowest BCUT2D eigenvalue weighted by Gasteiger charge is -2.22. The third kappa shape index (κ3) is 3.07. The quantitative estimate of drug-likeness (QED) is 0.845. The van der Waals surface area contributed by atoms with Crippen molar-refractivity contribution in [2.24, 2.45) is 5.92 Å². The fourth-order valence-electron chi connectivity index (χ4n) is 2.72. The van der Waals surface area contributed by atoms with Crippen molar-refractivity contribution >= 4 is 15.7 Å². The molecule has 2 rings (SSSR count). The summed E-state index contributed by atoms with van der Waals surface area (Å²) >= 11 is 0. The fourth-order valence-corrected chi connectivity index (χ4v) is 4.10. The summed E-state index contributed by atoms with van der Waals surface area (Å²) in [6.45, 7) is 0.565. The molecule has 112 valence electrons. The van der Waals surface area contributed by atoms with E-state index >= 15 is 0 Å². The average Bonchev–Trinajstić information content (AvgIpc) is 2.91. The van der Waals surface area contributed by atoms with E-state index in [-0.39, 0.29) is 4.90 Å². The molecule has 1 aromatic carbocycles. The minimum atomic E-state index is -3.53. The molecule has 1 fully saturated rings. The molecule has 0 amide bonds. The molecule has 1 aliphatic carbocycles. The van der Waals surface area contributed by atoms with E-state index in [4.69, 9.17) is 10.5 Å². The van der Waals surface area contributed by atoms with Gasteiger partial charge < -0.3 is 10.5 Å². The van der Waals surface area contributed by atoms with E-state index in [0.29, 0.717) is 23.9 Å². The summed E-state index contributed by atoms with van der Waals surface area (Å²) in [6, 6.07) is 4.63. The van der Waals surface area contributed by atoms with Crippen LogP contribution in [-0.2, 0) is 10.0 Å². The van der Waals surface area contributed by atoms with Crippen LogP contribution in [0.1, 0.15) is 25.7 Å². The molecule has 1 aliphatic rings. The molecule has 0 aromatic heterocycles. The molecule has 2 N–H and O–H groups in total. The van der Waals surface area contributed by atoms with Gasteiger partial charge in [0.25, 0.3) is 0 Å². The van der Waals surface area contributed by atoms with Gasteiger partial charge in [-0.25, -0.2) is 12.7 Å². The van der Waals surface area contributed by atoms with E-state index in [1.165, 1.54) is 36.4 Å². The summed E-state index contributed by atoms with van der Waals surface area (Å²) in [5.74, 6) is 0.762. The Hall–Kier alpha value is -1.27. The molecule has 0 bridgehead atoms. The van der Waals surface area contributed by atoms with Crippen LogP contribution in [0.5, 0.6) is 5.75 Å². The smallest absolute Gasteiger partial charge is 0.246 e.